The summed E-state index contributed by atoms with van der Waals surface area (Å²) < 4.78 is 12.8. The first kappa shape index (κ1) is 14.0. The van der Waals surface area contributed by atoms with E-state index in [1.165, 1.54) is 6.04 Å². The number of nitrogens with zero attached hydrogens (tertiary/aromatic N) is 3. The van der Waals surface area contributed by atoms with Gasteiger partial charge in [0.1, 0.15) is 12.2 Å². The summed E-state index contributed by atoms with van der Waals surface area (Å²) in [5, 5.41) is 0. The van der Waals surface area contributed by atoms with Crippen LogP contribution in [0.15, 0.2) is 18.5 Å². The van der Waals surface area contributed by atoms with E-state index in [4.69, 9.17) is 9.47 Å². The second-order valence-corrected chi connectivity index (χ2v) is 11.4. The first-order valence-corrected chi connectivity index (χ1v) is 10.1. The van der Waals surface area contributed by atoms with Crippen molar-refractivity contribution in [1.29, 1.82) is 0 Å². The van der Waals surface area contributed by atoms with Crippen LogP contribution in [-0.2, 0) is 11.5 Å². The molecule has 6 heteroatoms. The summed E-state index contributed by atoms with van der Waals surface area (Å²) in [5.74, 6) is 0.523. The van der Waals surface area contributed by atoms with Gasteiger partial charge in [-0.25, -0.2) is 4.98 Å². The van der Waals surface area contributed by atoms with Gasteiger partial charge >= 0.3 is 0 Å². The fourth-order valence-electron chi connectivity index (χ4n) is 1.68. The highest BCUT2D eigenvalue weighted by Crippen LogP contribution is 2.15. The standard InChI is InChI=1S/C13H21N3O2Si/c1-17-12-9-14-11-5-6-16(13(11)15-12)10-18-7-8-19(2,3)4/h5-6,9H,7-8,10H2,1-4H3. The van der Waals surface area contributed by atoms with E-state index < -0.39 is 8.07 Å². The highest BCUT2D eigenvalue weighted by Gasteiger charge is 2.12. The minimum Gasteiger partial charge on any atom is -0.480 e. The van der Waals surface area contributed by atoms with E-state index in [0.717, 1.165) is 17.8 Å². The van der Waals surface area contributed by atoms with Crippen LogP contribution in [0, 0.1) is 0 Å². The number of hydrogen-bond acceptors (Lipinski definition) is 4. The van der Waals surface area contributed by atoms with Crippen molar-refractivity contribution in [1.82, 2.24) is 14.5 Å². The molecule has 0 aliphatic heterocycles. The molecular formula is C13H21N3O2Si. The fourth-order valence-corrected chi connectivity index (χ4v) is 2.43. The number of aromatic nitrogens is 3. The van der Waals surface area contributed by atoms with Gasteiger partial charge in [-0.05, 0) is 12.1 Å². The van der Waals surface area contributed by atoms with Crippen LogP contribution in [-0.4, -0.2) is 36.3 Å². The Labute approximate surface area is 114 Å². The summed E-state index contributed by atoms with van der Waals surface area (Å²) in [7, 11) is 0.561. The Morgan fingerprint density at radius 3 is 2.79 bits per heavy atom. The minimum absolute atomic E-state index is 0.510. The van der Waals surface area contributed by atoms with Crippen molar-refractivity contribution in [2.45, 2.75) is 32.4 Å². The Morgan fingerprint density at radius 1 is 1.32 bits per heavy atom. The second kappa shape index (κ2) is 5.71. The predicted molar refractivity (Wildman–Crippen MR) is 78.2 cm³/mol. The van der Waals surface area contributed by atoms with Gasteiger partial charge in [-0.1, -0.05) is 19.6 Å². The van der Waals surface area contributed by atoms with Gasteiger partial charge in [0.05, 0.1) is 13.3 Å². The molecule has 0 aliphatic rings. The summed E-state index contributed by atoms with van der Waals surface area (Å²) in [6, 6.07) is 3.10. The van der Waals surface area contributed by atoms with Crippen molar-refractivity contribution in [3.63, 3.8) is 0 Å². The molecule has 0 saturated carbocycles. The summed E-state index contributed by atoms with van der Waals surface area (Å²) in [6.45, 7) is 8.34. The maximum atomic E-state index is 5.72. The molecule has 0 bridgehead atoms. The van der Waals surface area contributed by atoms with Gasteiger partial charge in [0.25, 0.3) is 0 Å². The van der Waals surface area contributed by atoms with E-state index in [0.29, 0.717) is 12.6 Å². The van der Waals surface area contributed by atoms with Crippen molar-refractivity contribution in [3.05, 3.63) is 18.5 Å². The Kier molecular flexibility index (Phi) is 4.21. The van der Waals surface area contributed by atoms with Gasteiger partial charge in [0.15, 0.2) is 5.65 Å². The number of hydrogen-bond donors (Lipinski definition) is 0. The average molecular weight is 279 g/mol. The third-order valence-electron chi connectivity index (χ3n) is 2.88. The molecule has 2 rings (SSSR count). The van der Waals surface area contributed by atoms with E-state index in [2.05, 4.69) is 29.6 Å². The van der Waals surface area contributed by atoms with Crippen LogP contribution in [0.3, 0.4) is 0 Å². The van der Waals surface area contributed by atoms with Crippen LogP contribution in [0.25, 0.3) is 11.2 Å². The lowest BCUT2D eigenvalue weighted by Gasteiger charge is -2.15. The largest absolute Gasteiger partial charge is 0.480 e. The van der Waals surface area contributed by atoms with Crippen LogP contribution in [0.1, 0.15) is 0 Å². The Balaban J connectivity index is 2.00. The highest BCUT2D eigenvalue weighted by molar-refractivity contribution is 6.76. The molecule has 5 nitrogen and oxygen atoms in total. The molecule has 0 aromatic carbocycles. The van der Waals surface area contributed by atoms with E-state index in [-0.39, 0.29) is 0 Å². The quantitative estimate of drug-likeness (QED) is 0.602. The first-order chi connectivity index (χ1) is 8.99. The molecular weight excluding hydrogens is 258 g/mol. The second-order valence-electron chi connectivity index (χ2n) is 5.75. The maximum Gasteiger partial charge on any atom is 0.234 e. The minimum atomic E-state index is -1.03. The van der Waals surface area contributed by atoms with Crippen molar-refractivity contribution in [3.8, 4) is 5.88 Å². The van der Waals surface area contributed by atoms with Crippen molar-refractivity contribution >= 4 is 19.2 Å². The Morgan fingerprint density at radius 2 is 2.11 bits per heavy atom. The summed E-state index contributed by atoms with van der Waals surface area (Å²) >= 11 is 0. The lowest BCUT2D eigenvalue weighted by Crippen LogP contribution is -2.22. The lowest BCUT2D eigenvalue weighted by molar-refractivity contribution is 0.0898. The molecule has 2 aromatic rings. The van der Waals surface area contributed by atoms with Gasteiger partial charge in [-0.15, -0.1) is 0 Å². The molecule has 0 aliphatic carbocycles. The predicted octanol–water partition coefficient (Wildman–Crippen LogP) is 2.75. The summed E-state index contributed by atoms with van der Waals surface area (Å²) in [6.07, 6.45) is 3.57. The zero-order valence-corrected chi connectivity index (χ0v) is 13.0. The summed E-state index contributed by atoms with van der Waals surface area (Å²) in [4.78, 5) is 8.67. The van der Waals surface area contributed by atoms with Crippen LogP contribution >= 0.6 is 0 Å². The molecule has 0 radical (unpaired) electrons. The van der Waals surface area contributed by atoms with Crippen molar-refractivity contribution < 1.29 is 9.47 Å². The maximum absolute atomic E-state index is 5.72. The smallest absolute Gasteiger partial charge is 0.234 e. The molecule has 0 fully saturated rings. The zero-order valence-electron chi connectivity index (χ0n) is 12.0. The monoisotopic (exact) mass is 279 g/mol. The van der Waals surface area contributed by atoms with Crippen LogP contribution in [0.2, 0.25) is 25.7 Å². The molecule has 19 heavy (non-hydrogen) atoms. The highest BCUT2D eigenvalue weighted by atomic mass is 28.3. The normalized spacial score (nSPS) is 12.0. The van der Waals surface area contributed by atoms with Crippen molar-refractivity contribution in [2.24, 2.45) is 0 Å². The van der Waals surface area contributed by atoms with Crippen LogP contribution in [0.5, 0.6) is 5.88 Å². The van der Waals surface area contributed by atoms with E-state index >= 15 is 0 Å². The van der Waals surface area contributed by atoms with Gasteiger partial charge in [0.2, 0.25) is 5.88 Å². The Bertz CT molecular complexity index is 548. The molecule has 2 heterocycles. The Hall–Kier alpha value is -1.40. The zero-order chi connectivity index (χ0) is 13.9. The number of methoxy groups -OCH3 is 1. The number of rotatable bonds is 6. The van der Waals surface area contributed by atoms with E-state index in [1.54, 1.807) is 13.3 Å². The van der Waals surface area contributed by atoms with E-state index in [9.17, 15) is 0 Å². The first-order valence-electron chi connectivity index (χ1n) is 6.43. The number of fused-ring (bicyclic) bond motifs is 1. The molecule has 104 valence electrons. The van der Waals surface area contributed by atoms with E-state index in [1.807, 2.05) is 16.8 Å². The van der Waals surface area contributed by atoms with Crippen molar-refractivity contribution in [2.75, 3.05) is 13.7 Å². The molecule has 0 amide bonds. The third-order valence-corrected chi connectivity index (χ3v) is 4.58. The van der Waals surface area contributed by atoms with Crippen LogP contribution in [0.4, 0.5) is 0 Å². The van der Waals surface area contributed by atoms with Gasteiger partial charge in [0, 0.05) is 20.9 Å². The molecule has 0 unspecified atom stereocenters. The average Bonchev–Trinajstić information content (AvgIpc) is 2.76. The SMILES string of the molecule is COc1cnc2ccn(COCC[Si](C)(C)C)c2n1. The molecule has 0 spiro atoms. The molecule has 0 N–H and O–H groups in total. The molecule has 0 saturated heterocycles. The van der Waals surface area contributed by atoms with Crippen LogP contribution < -0.4 is 4.74 Å². The lowest BCUT2D eigenvalue weighted by atomic mass is 10.5. The third kappa shape index (κ3) is 3.78. The van der Waals surface area contributed by atoms with Gasteiger partial charge < -0.3 is 14.0 Å². The molecule has 2 aromatic heterocycles. The fraction of sp³-hybridized carbons (Fsp3) is 0.538. The topological polar surface area (TPSA) is 49.2 Å². The summed E-state index contributed by atoms with van der Waals surface area (Å²) in [5.41, 5.74) is 1.65. The van der Waals surface area contributed by atoms with Gasteiger partial charge in [-0.2, -0.15) is 4.98 Å². The molecule has 0 atom stereocenters. The van der Waals surface area contributed by atoms with Gasteiger partial charge in [-0.3, -0.25) is 0 Å². The number of ether oxygens (including phenoxy) is 2.